The van der Waals surface area contributed by atoms with Crippen LogP contribution in [-0.2, 0) is 4.79 Å². The van der Waals surface area contributed by atoms with Crippen LogP contribution in [-0.4, -0.2) is 22.6 Å². The third kappa shape index (κ3) is 2.33. The van der Waals surface area contributed by atoms with Crippen LogP contribution in [0.3, 0.4) is 0 Å². The van der Waals surface area contributed by atoms with Crippen LogP contribution in [0.2, 0.25) is 0 Å². The molecule has 0 aliphatic heterocycles. The van der Waals surface area contributed by atoms with E-state index in [4.69, 9.17) is 10.8 Å². The van der Waals surface area contributed by atoms with Gasteiger partial charge in [0, 0.05) is 6.04 Å². The van der Waals surface area contributed by atoms with Crippen molar-refractivity contribution in [2.45, 2.75) is 26.8 Å². The van der Waals surface area contributed by atoms with Crippen LogP contribution < -0.4 is 5.73 Å². The van der Waals surface area contributed by atoms with Gasteiger partial charge in [0.2, 0.25) is 0 Å². The van der Waals surface area contributed by atoms with Gasteiger partial charge in [-0.25, -0.2) is 0 Å². The summed E-state index contributed by atoms with van der Waals surface area (Å²) in [6, 6.07) is -0.310. The van der Waals surface area contributed by atoms with Gasteiger partial charge in [-0.2, -0.15) is 0 Å². The molecule has 0 heterocycles. The molecule has 0 radical (unpaired) electrons. The number of nitrogens with two attached hydrogens (primary N) is 1. The second-order valence-electron chi connectivity index (χ2n) is 2.82. The van der Waals surface area contributed by atoms with Crippen molar-refractivity contribution in [3.8, 4) is 0 Å². The Labute approximate surface area is 60.3 Å². The van der Waals surface area contributed by atoms with E-state index in [2.05, 4.69) is 0 Å². The Morgan fingerprint density at radius 1 is 1.60 bits per heavy atom. The fraction of sp³-hybridized carbons (Fsp3) is 0.833. The molecule has 0 spiro atoms. The van der Waals surface area contributed by atoms with Crippen LogP contribution in [0.25, 0.3) is 0 Å². The minimum atomic E-state index is -0.850. The van der Waals surface area contributed by atoms with Gasteiger partial charge in [-0.15, -0.1) is 0 Å². The first-order valence-electron chi connectivity index (χ1n) is 2.88. The van der Waals surface area contributed by atoms with E-state index >= 15 is 0 Å². The zero-order chi connectivity index (χ0) is 7.65. The highest BCUT2D eigenvalue weighted by atomic mass is 16.4. The quantitative estimate of drug-likeness (QED) is 0.560. The van der Waals surface area contributed by atoms with E-state index in [0.717, 1.165) is 0 Å². The third-order valence-corrected chi connectivity index (χ3v) is 1.69. The van der Waals surface area contributed by atoms with Crippen LogP contribution in [0.1, 0.15) is 20.8 Å². The molecule has 0 bridgehead atoms. The molecule has 4 heteroatoms. The van der Waals surface area contributed by atoms with Crippen LogP contribution in [0.15, 0.2) is 0 Å². The van der Waals surface area contributed by atoms with E-state index < -0.39 is 11.4 Å². The van der Waals surface area contributed by atoms with E-state index in [1.807, 2.05) is 0 Å². The number of hydrogen-bond acceptors (Lipinski definition) is 2. The molecule has 0 aromatic carbocycles. The average molecular weight is 149 g/mol. The molecule has 0 rings (SSSR count). The topological polar surface area (TPSA) is 94.8 Å². The first-order chi connectivity index (χ1) is 3.89. The molecule has 1 unspecified atom stereocenters. The molecule has 0 saturated carbocycles. The molecular weight excluding hydrogens is 134 g/mol. The summed E-state index contributed by atoms with van der Waals surface area (Å²) in [6.45, 7) is 4.91. The highest BCUT2D eigenvalue weighted by molar-refractivity contribution is 5.74. The molecule has 4 nitrogen and oxygen atoms in total. The van der Waals surface area contributed by atoms with Gasteiger partial charge in [0.25, 0.3) is 0 Å². The number of carboxylic acids is 1. The van der Waals surface area contributed by atoms with Crippen molar-refractivity contribution in [3.63, 3.8) is 0 Å². The highest BCUT2D eigenvalue weighted by Crippen LogP contribution is 2.17. The molecule has 0 aliphatic rings. The minimum Gasteiger partial charge on any atom is -0.481 e. The fourth-order valence-corrected chi connectivity index (χ4v) is 0.195. The second-order valence-corrected chi connectivity index (χ2v) is 2.82. The largest absolute Gasteiger partial charge is 0.481 e. The SMILES string of the molecule is CC(N)C(C)(C)C(=O)O.O. The summed E-state index contributed by atoms with van der Waals surface area (Å²) in [5.74, 6) is -0.850. The van der Waals surface area contributed by atoms with Crippen LogP contribution in [0.5, 0.6) is 0 Å². The van der Waals surface area contributed by atoms with E-state index in [1.165, 1.54) is 0 Å². The molecule has 1 atom stereocenters. The first-order valence-corrected chi connectivity index (χ1v) is 2.88. The summed E-state index contributed by atoms with van der Waals surface area (Å²) in [7, 11) is 0. The van der Waals surface area contributed by atoms with Gasteiger partial charge in [-0.1, -0.05) is 0 Å². The number of carboxylic acid groups (broad SMARTS) is 1. The Balaban J connectivity index is 0. The maximum atomic E-state index is 10.4. The fourth-order valence-electron chi connectivity index (χ4n) is 0.195. The normalized spacial score (nSPS) is 13.6. The summed E-state index contributed by atoms with van der Waals surface area (Å²) in [4.78, 5) is 10.4. The lowest BCUT2D eigenvalue weighted by Gasteiger charge is -2.22. The number of carbonyl (C=O) groups is 1. The van der Waals surface area contributed by atoms with Crippen molar-refractivity contribution in [2.24, 2.45) is 11.1 Å². The number of aliphatic carboxylic acids is 1. The molecule has 5 N–H and O–H groups in total. The van der Waals surface area contributed by atoms with Crippen molar-refractivity contribution in [1.29, 1.82) is 0 Å². The summed E-state index contributed by atoms with van der Waals surface area (Å²) in [5.41, 5.74) is 4.58. The van der Waals surface area contributed by atoms with Crippen LogP contribution in [0, 0.1) is 5.41 Å². The van der Waals surface area contributed by atoms with Gasteiger partial charge >= 0.3 is 5.97 Å². The van der Waals surface area contributed by atoms with Gasteiger partial charge < -0.3 is 16.3 Å². The molecule has 0 aromatic rings. The van der Waals surface area contributed by atoms with Crippen molar-refractivity contribution >= 4 is 5.97 Å². The van der Waals surface area contributed by atoms with Crippen molar-refractivity contribution in [2.75, 3.05) is 0 Å². The standard InChI is InChI=1S/C6H13NO2.H2O/c1-4(7)6(2,3)5(8)9;/h4H,7H2,1-3H3,(H,8,9);1H2. The zero-order valence-electron chi connectivity index (χ0n) is 6.51. The van der Waals surface area contributed by atoms with Gasteiger partial charge in [0.15, 0.2) is 0 Å². The van der Waals surface area contributed by atoms with Crippen molar-refractivity contribution in [1.82, 2.24) is 0 Å². The molecule has 0 saturated heterocycles. The minimum absolute atomic E-state index is 0. The monoisotopic (exact) mass is 149 g/mol. The predicted octanol–water partition coefficient (Wildman–Crippen LogP) is -0.380. The Kier molecular flexibility index (Phi) is 4.27. The summed E-state index contributed by atoms with van der Waals surface area (Å²) < 4.78 is 0. The Hall–Kier alpha value is -0.610. The van der Waals surface area contributed by atoms with E-state index in [-0.39, 0.29) is 11.5 Å². The van der Waals surface area contributed by atoms with Crippen molar-refractivity contribution < 1.29 is 15.4 Å². The average Bonchev–Trinajstić information content (AvgIpc) is 1.65. The molecule has 0 aliphatic carbocycles. The Morgan fingerprint density at radius 2 is 1.90 bits per heavy atom. The predicted molar refractivity (Wildman–Crippen MR) is 38.7 cm³/mol. The van der Waals surface area contributed by atoms with Crippen molar-refractivity contribution in [3.05, 3.63) is 0 Å². The number of hydrogen-bond donors (Lipinski definition) is 2. The van der Waals surface area contributed by atoms with E-state index in [0.29, 0.717) is 0 Å². The lowest BCUT2D eigenvalue weighted by atomic mass is 9.86. The lowest BCUT2D eigenvalue weighted by molar-refractivity contribution is -0.147. The zero-order valence-corrected chi connectivity index (χ0v) is 6.51. The van der Waals surface area contributed by atoms with Crippen LogP contribution in [0.4, 0.5) is 0 Å². The summed E-state index contributed by atoms with van der Waals surface area (Å²) in [6.07, 6.45) is 0. The molecule has 10 heavy (non-hydrogen) atoms. The smallest absolute Gasteiger partial charge is 0.310 e. The molecule has 0 aromatic heterocycles. The Morgan fingerprint density at radius 3 is 1.90 bits per heavy atom. The second kappa shape index (κ2) is 3.53. The lowest BCUT2D eigenvalue weighted by Crippen LogP contribution is -2.40. The van der Waals surface area contributed by atoms with Gasteiger partial charge in [-0.05, 0) is 20.8 Å². The van der Waals surface area contributed by atoms with E-state index in [1.54, 1.807) is 20.8 Å². The van der Waals surface area contributed by atoms with Gasteiger partial charge in [0.05, 0.1) is 5.41 Å². The Bertz CT molecular complexity index is 120. The maximum absolute atomic E-state index is 10.4. The molecule has 0 amide bonds. The van der Waals surface area contributed by atoms with E-state index in [9.17, 15) is 4.79 Å². The molecule has 0 fully saturated rings. The van der Waals surface area contributed by atoms with Crippen LogP contribution >= 0.6 is 0 Å². The maximum Gasteiger partial charge on any atom is 0.310 e. The van der Waals surface area contributed by atoms with Gasteiger partial charge in [-0.3, -0.25) is 4.79 Å². The first kappa shape index (κ1) is 12.1. The highest BCUT2D eigenvalue weighted by Gasteiger charge is 2.30. The molecule has 62 valence electrons. The summed E-state index contributed by atoms with van der Waals surface area (Å²) in [5, 5.41) is 8.53. The number of rotatable bonds is 2. The molecular formula is C6H15NO3. The third-order valence-electron chi connectivity index (χ3n) is 1.69. The summed E-state index contributed by atoms with van der Waals surface area (Å²) >= 11 is 0. The van der Waals surface area contributed by atoms with Gasteiger partial charge in [0.1, 0.15) is 0 Å².